The van der Waals surface area contributed by atoms with Crippen LogP contribution in [-0.4, -0.2) is 65.8 Å². The van der Waals surface area contributed by atoms with Gasteiger partial charge in [0.05, 0.1) is 12.5 Å². The molecular formula is C27H40N2O5. The van der Waals surface area contributed by atoms with Crippen LogP contribution in [0, 0.1) is 5.92 Å². The van der Waals surface area contributed by atoms with Crippen LogP contribution in [0.25, 0.3) is 0 Å². The van der Waals surface area contributed by atoms with Crippen LogP contribution in [0.4, 0.5) is 0 Å². The summed E-state index contributed by atoms with van der Waals surface area (Å²) in [5, 5.41) is 10.3. The zero-order valence-electron chi connectivity index (χ0n) is 20.9. The minimum Gasteiger partial charge on any atom is -0.481 e. The number of carboxylic acid groups (broad SMARTS) is 1. The second kappa shape index (κ2) is 12.8. The van der Waals surface area contributed by atoms with E-state index in [1.54, 1.807) is 0 Å². The third kappa shape index (κ3) is 6.32. The number of amides is 1. The molecule has 1 saturated heterocycles. The normalized spacial score (nSPS) is 21.9. The first kappa shape index (κ1) is 26.1. The molecule has 7 heteroatoms. The molecule has 3 rings (SSSR count). The van der Waals surface area contributed by atoms with Gasteiger partial charge in [0, 0.05) is 31.6 Å². The van der Waals surface area contributed by atoms with E-state index in [9.17, 15) is 14.7 Å². The fourth-order valence-electron chi connectivity index (χ4n) is 5.10. The molecule has 2 heterocycles. The highest BCUT2D eigenvalue weighted by Crippen LogP contribution is 2.43. The molecule has 3 atom stereocenters. The van der Waals surface area contributed by atoms with Crippen LogP contribution in [0.3, 0.4) is 0 Å². The van der Waals surface area contributed by atoms with E-state index in [1.807, 2.05) is 36.1 Å². The maximum Gasteiger partial charge on any atom is 0.308 e. The van der Waals surface area contributed by atoms with Crippen molar-refractivity contribution in [1.82, 2.24) is 9.80 Å². The molecule has 0 spiro atoms. The van der Waals surface area contributed by atoms with Gasteiger partial charge < -0.3 is 19.5 Å². The summed E-state index contributed by atoms with van der Waals surface area (Å²) in [5.74, 6) is -0.154. The molecule has 2 aliphatic rings. The van der Waals surface area contributed by atoms with Crippen LogP contribution in [0.1, 0.15) is 70.8 Å². The summed E-state index contributed by atoms with van der Waals surface area (Å²) in [6.07, 6.45) is 9.61. The van der Waals surface area contributed by atoms with E-state index in [4.69, 9.17) is 9.47 Å². The van der Waals surface area contributed by atoms with E-state index >= 15 is 0 Å². The molecule has 1 aromatic carbocycles. The van der Waals surface area contributed by atoms with Crippen LogP contribution < -0.4 is 9.47 Å². The topological polar surface area (TPSA) is 79.3 Å². The van der Waals surface area contributed by atoms with E-state index in [0.29, 0.717) is 24.5 Å². The van der Waals surface area contributed by atoms with E-state index in [-0.39, 0.29) is 31.2 Å². The molecule has 2 aliphatic heterocycles. The van der Waals surface area contributed by atoms with Gasteiger partial charge in [0.1, 0.15) is 0 Å². The Kier molecular flexibility index (Phi) is 9.81. The van der Waals surface area contributed by atoms with Gasteiger partial charge in [-0.15, -0.1) is 0 Å². The number of carboxylic acids is 1. The maximum atomic E-state index is 13.3. The molecule has 7 nitrogen and oxygen atoms in total. The molecule has 0 saturated carbocycles. The molecule has 0 unspecified atom stereocenters. The predicted octanol–water partition coefficient (Wildman–Crippen LogP) is 4.67. The van der Waals surface area contributed by atoms with Crippen LogP contribution in [0.15, 0.2) is 30.4 Å². The highest BCUT2D eigenvalue weighted by Gasteiger charge is 2.47. The number of ether oxygens (including phenoxy) is 2. The van der Waals surface area contributed by atoms with Crippen molar-refractivity contribution in [1.29, 1.82) is 0 Å². The lowest BCUT2D eigenvalue weighted by molar-refractivity contribution is -0.143. The Morgan fingerprint density at radius 1 is 1.15 bits per heavy atom. The standard InChI is InChI=1S/C27H40N2O5/c1-4-7-10-11-22-26(27(31)32)21(20-12-13-23-24(16-20)34-19-33-23)17-29(22)18-25(30)28(14-8-5-2)15-9-6-3/h4,7,12-13,16,21-22,26H,5-6,8-11,14-15,17-19H2,1-3H3,(H,31,32)/b7-4-/t21-,22+,26-/m1/s1. The number of fused-ring (bicyclic) bond motifs is 1. The first-order valence-corrected chi connectivity index (χ1v) is 12.7. The van der Waals surface area contributed by atoms with Crippen molar-refractivity contribution in [3.8, 4) is 11.5 Å². The van der Waals surface area contributed by atoms with Crippen molar-refractivity contribution in [2.45, 2.75) is 71.3 Å². The Labute approximate surface area is 203 Å². The zero-order valence-corrected chi connectivity index (χ0v) is 20.9. The number of hydrogen-bond acceptors (Lipinski definition) is 5. The number of carbonyl (C=O) groups excluding carboxylic acids is 1. The molecule has 1 fully saturated rings. The predicted molar refractivity (Wildman–Crippen MR) is 132 cm³/mol. The lowest BCUT2D eigenvalue weighted by Crippen LogP contribution is -2.44. The van der Waals surface area contributed by atoms with Crippen molar-refractivity contribution in [3.63, 3.8) is 0 Å². The quantitative estimate of drug-likeness (QED) is 0.420. The molecule has 34 heavy (non-hydrogen) atoms. The van der Waals surface area contributed by atoms with E-state index in [0.717, 1.165) is 50.8 Å². The summed E-state index contributed by atoms with van der Waals surface area (Å²) >= 11 is 0. The third-order valence-corrected chi connectivity index (χ3v) is 6.98. The number of aliphatic carboxylic acids is 1. The Balaban J connectivity index is 1.84. The van der Waals surface area contributed by atoms with E-state index < -0.39 is 11.9 Å². The Morgan fingerprint density at radius 3 is 2.50 bits per heavy atom. The van der Waals surface area contributed by atoms with Crippen molar-refractivity contribution >= 4 is 11.9 Å². The van der Waals surface area contributed by atoms with Gasteiger partial charge >= 0.3 is 5.97 Å². The number of carbonyl (C=O) groups is 2. The second-order valence-corrected chi connectivity index (χ2v) is 9.31. The average Bonchev–Trinajstić information content (AvgIpc) is 3.43. The minimum atomic E-state index is -0.808. The summed E-state index contributed by atoms with van der Waals surface area (Å²) in [5.41, 5.74) is 0.927. The highest BCUT2D eigenvalue weighted by atomic mass is 16.7. The summed E-state index contributed by atoms with van der Waals surface area (Å²) < 4.78 is 11.0. The fraction of sp³-hybridized carbons (Fsp3) is 0.630. The van der Waals surface area contributed by atoms with Crippen molar-refractivity contribution < 1.29 is 24.2 Å². The van der Waals surface area contributed by atoms with Gasteiger partial charge in [0.2, 0.25) is 12.7 Å². The van der Waals surface area contributed by atoms with Crippen LogP contribution in [-0.2, 0) is 9.59 Å². The van der Waals surface area contributed by atoms with Crippen LogP contribution in [0.5, 0.6) is 11.5 Å². The number of benzene rings is 1. The molecule has 0 radical (unpaired) electrons. The number of hydrogen-bond donors (Lipinski definition) is 1. The smallest absolute Gasteiger partial charge is 0.308 e. The molecule has 188 valence electrons. The van der Waals surface area contributed by atoms with Gasteiger partial charge in [0.25, 0.3) is 0 Å². The lowest BCUT2D eigenvalue weighted by atomic mass is 9.83. The highest BCUT2D eigenvalue weighted by molar-refractivity contribution is 5.79. The van der Waals surface area contributed by atoms with Crippen molar-refractivity contribution in [2.75, 3.05) is 33.0 Å². The Bertz CT molecular complexity index is 847. The van der Waals surface area contributed by atoms with Gasteiger partial charge in [-0.1, -0.05) is 44.9 Å². The molecule has 1 amide bonds. The average molecular weight is 473 g/mol. The zero-order chi connectivity index (χ0) is 24.5. The largest absolute Gasteiger partial charge is 0.481 e. The first-order valence-electron chi connectivity index (χ1n) is 12.7. The van der Waals surface area contributed by atoms with Gasteiger partial charge in [-0.05, 0) is 50.3 Å². The Hall–Kier alpha value is -2.54. The summed E-state index contributed by atoms with van der Waals surface area (Å²) in [6.45, 7) is 8.75. The molecule has 1 N–H and O–H groups in total. The molecule has 0 bridgehead atoms. The van der Waals surface area contributed by atoms with E-state index in [2.05, 4.69) is 24.8 Å². The minimum absolute atomic E-state index is 0.105. The lowest BCUT2D eigenvalue weighted by Gasteiger charge is -2.29. The van der Waals surface area contributed by atoms with Gasteiger partial charge in [0.15, 0.2) is 11.5 Å². The monoisotopic (exact) mass is 472 g/mol. The summed E-state index contributed by atoms with van der Waals surface area (Å²) in [4.78, 5) is 29.9. The molecule has 0 aliphatic carbocycles. The van der Waals surface area contributed by atoms with Crippen molar-refractivity contribution in [2.24, 2.45) is 5.92 Å². The fourth-order valence-corrected chi connectivity index (χ4v) is 5.10. The summed E-state index contributed by atoms with van der Waals surface area (Å²) in [7, 11) is 0. The molecule has 0 aromatic heterocycles. The van der Waals surface area contributed by atoms with Gasteiger partial charge in [-0.25, -0.2) is 0 Å². The SMILES string of the molecule is C/C=C\CC[C@H]1[C@H](C(=O)O)[C@@H](c2ccc3c(c2)OCO3)CN1CC(=O)N(CCCC)CCCC. The number of unbranched alkanes of at least 4 members (excludes halogenated alkanes) is 2. The summed E-state index contributed by atoms with van der Waals surface area (Å²) in [6, 6.07) is 5.51. The second-order valence-electron chi connectivity index (χ2n) is 9.31. The maximum absolute atomic E-state index is 13.3. The van der Waals surface area contributed by atoms with Gasteiger partial charge in [-0.3, -0.25) is 14.5 Å². The number of rotatable bonds is 13. The van der Waals surface area contributed by atoms with Crippen molar-refractivity contribution in [3.05, 3.63) is 35.9 Å². The first-order chi connectivity index (χ1) is 16.5. The third-order valence-electron chi connectivity index (χ3n) is 6.98. The van der Waals surface area contributed by atoms with Gasteiger partial charge in [-0.2, -0.15) is 0 Å². The number of likely N-dealkylation sites (tertiary alicyclic amines) is 1. The van der Waals surface area contributed by atoms with E-state index in [1.165, 1.54) is 0 Å². The molecule has 1 aromatic rings. The number of allylic oxidation sites excluding steroid dienone is 2. The van der Waals surface area contributed by atoms with Crippen LogP contribution >= 0.6 is 0 Å². The van der Waals surface area contributed by atoms with Crippen LogP contribution in [0.2, 0.25) is 0 Å². The number of nitrogens with zero attached hydrogens (tertiary/aromatic N) is 2. The molecular weight excluding hydrogens is 432 g/mol. The Morgan fingerprint density at radius 2 is 1.85 bits per heavy atom.